The molecule has 0 unspecified atom stereocenters. The summed E-state index contributed by atoms with van der Waals surface area (Å²) >= 11 is 0. The van der Waals surface area contributed by atoms with Crippen LogP contribution in [-0.2, 0) is 24.1 Å². The fourth-order valence-electron chi connectivity index (χ4n) is 3.17. The molecule has 0 spiro atoms. The van der Waals surface area contributed by atoms with Crippen molar-refractivity contribution in [1.82, 2.24) is 9.55 Å². The van der Waals surface area contributed by atoms with Gasteiger partial charge in [0.2, 0.25) is 5.91 Å². The fourth-order valence-corrected chi connectivity index (χ4v) is 3.17. The third kappa shape index (κ3) is 1.62. The third-order valence-corrected chi connectivity index (χ3v) is 4.17. The van der Waals surface area contributed by atoms with E-state index in [9.17, 15) is 4.79 Å². The van der Waals surface area contributed by atoms with Gasteiger partial charge in [-0.15, -0.1) is 0 Å². The van der Waals surface area contributed by atoms with Gasteiger partial charge in [0.15, 0.2) is 0 Å². The molecule has 2 heterocycles. The molecule has 5 nitrogen and oxygen atoms in total. The SMILES string of the molecule is Nc1cc2c(cc1-n1cnc3c1CCCC3)NC(=O)C2. The lowest BCUT2D eigenvalue weighted by Gasteiger charge is -2.16. The quantitative estimate of drug-likeness (QED) is 0.775. The van der Waals surface area contributed by atoms with Crippen LogP contribution in [-0.4, -0.2) is 15.5 Å². The van der Waals surface area contributed by atoms with Crippen molar-refractivity contribution in [1.29, 1.82) is 0 Å². The Kier molecular flexibility index (Phi) is 2.36. The zero-order valence-corrected chi connectivity index (χ0v) is 11.1. The normalized spacial score (nSPS) is 16.7. The van der Waals surface area contributed by atoms with Crippen LogP contribution in [0.3, 0.4) is 0 Å². The lowest BCUT2D eigenvalue weighted by molar-refractivity contribution is -0.115. The van der Waals surface area contributed by atoms with E-state index < -0.39 is 0 Å². The van der Waals surface area contributed by atoms with E-state index in [1.165, 1.54) is 24.2 Å². The maximum atomic E-state index is 11.5. The Morgan fingerprint density at radius 1 is 1.25 bits per heavy atom. The van der Waals surface area contributed by atoms with Crippen molar-refractivity contribution in [2.45, 2.75) is 32.1 Å². The van der Waals surface area contributed by atoms with E-state index in [1.54, 1.807) is 0 Å². The number of hydrogen-bond acceptors (Lipinski definition) is 3. The predicted molar refractivity (Wildman–Crippen MR) is 77.0 cm³/mol. The van der Waals surface area contributed by atoms with Crippen molar-refractivity contribution in [3.63, 3.8) is 0 Å². The molecule has 3 N–H and O–H groups in total. The van der Waals surface area contributed by atoms with Gasteiger partial charge < -0.3 is 15.6 Å². The number of amides is 1. The molecule has 1 aromatic heterocycles. The number of anilines is 2. The van der Waals surface area contributed by atoms with Gasteiger partial charge in [-0.2, -0.15) is 0 Å². The van der Waals surface area contributed by atoms with Crippen LogP contribution in [0.2, 0.25) is 0 Å². The standard InChI is InChI=1S/C15H16N4O/c16-10-5-9-6-15(20)18-12(9)7-14(10)19-8-17-11-3-1-2-4-13(11)19/h5,7-8H,1-4,6,16H2,(H,18,20). The first-order valence-corrected chi connectivity index (χ1v) is 7.00. The first-order chi connectivity index (χ1) is 9.72. The van der Waals surface area contributed by atoms with E-state index in [-0.39, 0.29) is 5.91 Å². The van der Waals surface area contributed by atoms with Crippen LogP contribution >= 0.6 is 0 Å². The van der Waals surface area contributed by atoms with Crippen LogP contribution < -0.4 is 11.1 Å². The van der Waals surface area contributed by atoms with Crippen LogP contribution in [0.5, 0.6) is 0 Å². The summed E-state index contributed by atoms with van der Waals surface area (Å²) in [6, 6.07) is 3.86. The summed E-state index contributed by atoms with van der Waals surface area (Å²) in [4.78, 5) is 16.0. The monoisotopic (exact) mass is 268 g/mol. The van der Waals surface area contributed by atoms with Crippen molar-refractivity contribution in [3.8, 4) is 5.69 Å². The summed E-state index contributed by atoms with van der Waals surface area (Å²) < 4.78 is 2.08. The molecule has 1 aliphatic heterocycles. The number of nitrogens with two attached hydrogens (primary N) is 1. The second-order valence-electron chi connectivity index (χ2n) is 5.51. The predicted octanol–water partition coefficient (Wildman–Crippen LogP) is 1.83. The Morgan fingerprint density at radius 3 is 3.00 bits per heavy atom. The number of nitrogen functional groups attached to an aromatic ring is 1. The van der Waals surface area contributed by atoms with Crippen LogP contribution in [0.15, 0.2) is 18.5 Å². The number of rotatable bonds is 1. The molecule has 0 fully saturated rings. The second kappa shape index (κ2) is 4.10. The summed E-state index contributed by atoms with van der Waals surface area (Å²) in [5.74, 6) is 0.0317. The number of carbonyl (C=O) groups is 1. The maximum Gasteiger partial charge on any atom is 0.228 e. The number of imidazole rings is 1. The number of aryl methyl sites for hydroxylation is 1. The maximum absolute atomic E-state index is 11.5. The van der Waals surface area contributed by atoms with Gasteiger partial charge >= 0.3 is 0 Å². The average Bonchev–Trinajstić information content (AvgIpc) is 3.00. The summed E-state index contributed by atoms with van der Waals surface area (Å²) in [6.45, 7) is 0. The highest BCUT2D eigenvalue weighted by atomic mass is 16.1. The topological polar surface area (TPSA) is 72.9 Å². The van der Waals surface area contributed by atoms with E-state index in [4.69, 9.17) is 5.73 Å². The van der Waals surface area contributed by atoms with E-state index in [0.29, 0.717) is 12.1 Å². The zero-order valence-electron chi connectivity index (χ0n) is 11.1. The van der Waals surface area contributed by atoms with Crippen molar-refractivity contribution in [3.05, 3.63) is 35.4 Å². The highest BCUT2D eigenvalue weighted by Crippen LogP contribution is 2.32. The molecule has 2 aliphatic rings. The Hall–Kier alpha value is -2.30. The molecule has 0 atom stereocenters. The lowest BCUT2D eigenvalue weighted by atomic mass is 10.0. The second-order valence-corrected chi connectivity index (χ2v) is 5.51. The van der Waals surface area contributed by atoms with E-state index in [0.717, 1.165) is 29.8 Å². The van der Waals surface area contributed by atoms with Crippen LogP contribution in [0.4, 0.5) is 11.4 Å². The van der Waals surface area contributed by atoms with Gasteiger partial charge in [0.1, 0.15) is 0 Å². The molecule has 1 amide bonds. The molecule has 0 bridgehead atoms. The van der Waals surface area contributed by atoms with Crippen molar-refractivity contribution >= 4 is 17.3 Å². The largest absolute Gasteiger partial charge is 0.397 e. The molecule has 102 valence electrons. The molecule has 20 heavy (non-hydrogen) atoms. The van der Waals surface area contributed by atoms with Crippen molar-refractivity contribution in [2.24, 2.45) is 0 Å². The van der Waals surface area contributed by atoms with Gasteiger partial charge in [-0.1, -0.05) is 0 Å². The van der Waals surface area contributed by atoms with Crippen LogP contribution in [0.25, 0.3) is 5.69 Å². The molecule has 1 aliphatic carbocycles. The number of nitrogens with one attached hydrogen (secondary N) is 1. The average molecular weight is 268 g/mol. The smallest absolute Gasteiger partial charge is 0.228 e. The minimum atomic E-state index is 0.0317. The highest BCUT2D eigenvalue weighted by molar-refractivity contribution is 6.00. The molecule has 1 aromatic carbocycles. The molecular weight excluding hydrogens is 252 g/mol. The summed E-state index contributed by atoms with van der Waals surface area (Å²) in [6.07, 6.45) is 6.76. The number of hydrogen-bond donors (Lipinski definition) is 2. The minimum Gasteiger partial charge on any atom is -0.397 e. The van der Waals surface area contributed by atoms with Crippen LogP contribution in [0, 0.1) is 0 Å². The number of benzene rings is 1. The van der Waals surface area contributed by atoms with Gasteiger partial charge in [0, 0.05) is 11.4 Å². The van der Waals surface area contributed by atoms with Crippen LogP contribution in [0.1, 0.15) is 29.8 Å². The van der Waals surface area contributed by atoms with Crippen molar-refractivity contribution < 1.29 is 4.79 Å². The summed E-state index contributed by atoms with van der Waals surface area (Å²) in [7, 11) is 0. The van der Waals surface area contributed by atoms with E-state index >= 15 is 0 Å². The highest BCUT2D eigenvalue weighted by Gasteiger charge is 2.22. The molecule has 0 saturated carbocycles. The van der Waals surface area contributed by atoms with Crippen molar-refractivity contribution in [2.75, 3.05) is 11.1 Å². The van der Waals surface area contributed by atoms with Gasteiger partial charge in [-0.25, -0.2) is 4.98 Å². The third-order valence-electron chi connectivity index (χ3n) is 4.17. The van der Waals surface area contributed by atoms with Gasteiger partial charge in [0.05, 0.1) is 29.8 Å². The summed E-state index contributed by atoms with van der Waals surface area (Å²) in [5, 5.41) is 2.88. The number of carbonyl (C=O) groups excluding carboxylic acids is 1. The first-order valence-electron chi connectivity index (χ1n) is 7.00. The zero-order chi connectivity index (χ0) is 13.7. The Morgan fingerprint density at radius 2 is 2.10 bits per heavy atom. The number of aromatic nitrogens is 2. The molecule has 4 rings (SSSR count). The van der Waals surface area contributed by atoms with Gasteiger partial charge in [-0.05, 0) is 43.4 Å². The van der Waals surface area contributed by atoms with Gasteiger partial charge in [-0.3, -0.25) is 4.79 Å². The lowest BCUT2D eigenvalue weighted by Crippen LogP contribution is -2.09. The first kappa shape index (κ1) is 11.5. The number of fused-ring (bicyclic) bond motifs is 2. The van der Waals surface area contributed by atoms with Gasteiger partial charge in [0.25, 0.3) is 0 Å². The molecule has 0 radical (unpaired) electrons. The Bertz CT molecular complexity index is 717. The fraction of sp³-hybridized carbons (Fsp3) is 0.333. The minimum absolute atomic E-state index is 0.0317. The molecule has 0 saturated heterocycles. The molecule has 2 aromatic rings. The number of nitrogens with zero attached hydrogens (tertiary/aromatic N) is 2. The Balaban J connectivity index is 1.85. The Labute approximate surface area is 116 Å². The summed E-state index contributed by atoms with van der Waals surface area (Å²) in [5.41, 5.74) is 12.1. The van der Waals surface area contributed by atoms with E-state index in [2.05, 4.69) is 14.9 Å². The van der Waals surface area contributed by atoms with E-state index in [1.807, 2.05) is 18.5 Å². The molecule has 5 heteroatoms. The molecular formula is C15H16N4O.